The minimum Gasteiger partial charge on any atom is -0.481 e. The monoisotopic (exact) mass is 323 g/mol. The number of rotatable bonds is 6. The Labute approximate surface area is 135 Å². The minimum atomic E-state index is -0.928. The second-order valence-electron chi connectivity index (χ2n) is 6.07. The summed E-state index contributed by atoms with van der Waals surface area (Å²) < 4.78 is 18.5. The molecule has 2 rings (SSSR count). The van der Waals surface area contributed by atoms with E-state index in [1.54, 1.807) is 31.1 Å². The predicted octanol–water partition coefficient (Wildman–Crippen LogP) is 2.09. The van der Waals surface area contributed by atoms with Crippen molar-refractivity contribution < 1.29 is 23.8 Å². The largest absolute Gasteiger partial charge is 0.481 e. The third-order valence-electron chi connectivity index (χ3n) is 4.26. The molecule has 1 saturated heterocycles. The fourth-order valence-corrected chi connectivity index (χ4v) is 3.10. The first-order valence-electron chi connectivity index (χ1n) is 7.70. The van der Waals surface area contributed by atoms with Gasteiger partial charge in [-0.2, -0.15) is 0 Å². The Morgan fingerprint density at radius 3 is 2.83 bits per heavy atom. The number of nitrogens with zero attached hydrogens (tertiary/aromatic N) is 1. The third kappa shape index (κ3) is 4.51. The van der Waals surface area contributed by atoms with E-state index >= 15 is 0 Å². The van der Waals surface area contributed by atoms with Gasteiger partial charge in [0.25, 0.3) is 0 Å². The van der Waals surface area contributed by atoms with E-state index < -0.39 is 5.97 Å². The van der Waals surface area contributed by atoms with E-state index in [-0.39, 0.29) is 36.2 Å². The smallest absolute Gasteiger partial charge is 0.305 e. The van der Waals surface area contributed by atoms with Crippen molar-refractivity contribution in [3.05, 3.63) is 35.6 Å². The second kappa shape index (κ2) is 7.55. The van der Waals surface area contributed by atoms with Crippen molar-refractivity contribution in [3.8, 4) is 0 Å². The number of benzene rings is 1. The molecule has 0 bridgehead atoms. The number of carbonyl (C=O) groups excluding carboxylic acids is 1. The summed E-state index contributed by atoms with van der Waals surface area (Å²) in [6.07, 6.45) is 0.731. The molecule has 126 valence electrons. The van der Waals surface area contributed by atoms with Crippen LogP contribution in [0.3, 0.4) is 0 Å². The lowest BCUT2D eigenvalue weighted by atomic mass is 9.99. The normalized spacial score (nSPS) is 22.1. The molecule has 1 aromatic rings. The van der Waals surface area contributed by atoms with Gasteiger partial charge in [0, 0.05) is 25.6 Å². The highest BCUT2D eigenvalue weighted by Crippen LogP contribution is 2.25. The van der Waals surface area contributed by atoms with E-state index in [2.05, 4.69) is 0 Å². The fraction of sp³-hybridized carbons (Fsp3) is 0.529. The van der Waals surface area contributed by atoms with E-state index in [1.165, 1.54) is 12.1 Å². The third-order valence-corrected chi connectivity index (χ3v) is 4.26. The van der Waals surface area contributed by atoms with Crippen molar-refractivity contribution in [1.82, 2.24) is 4.90 Å². The zero-order chi connectivity index (χ0) is 17.0. The van der Waals surface area contributed by atoms with Gasteiger partial charge in [-0.15, -0.1) is 0 Å². The molecule has 1 aromatic carbocycles. The van der Waals surface area contributed by atoms with Gasteiger partial charge >= 0.3 is 5.97 Å². The highest BCUT2D eigenvalue weighted by molar-refractivity contribution is 5.80. The van der Waals surface area contributed by atoms with E-state index in [1.807, 2.05) is 0 Å². The molecule has 0 saturated carbocycles. The molecule has 1 heterocycles. The summed E-state index contributed by atoms with van der Waals surface area (Å²) in [5.74, 6) is -1.71. The SMILES string of the molecule is COC1CC(CC(=O)O)N(C(=O)C(C)Cc2cccc(F)c2)C1. The Morgan fingerprint density at radius 1 is 1.48 bits per heavy atom. The standard InChI is InChI=1S/C17H22FNO4/c1-11(6-12-4-3-5-13(18)7-12)17(22)19-10-15(23-2)8-14(19)9-16(20)21/h3-5,7,11,14-15H,6,8-10H2,1-2H3,(H,20,21). The summed E-state index contributed by atoms with van der Waals surface area (Å²) in [4.78, 5) is 25.3. The first-order valence-corrected chi connectivity index (χ1v) is 7.70. The minimum absolute atomic E-state index is 0.0850. The summed E-state index contributed by atoms with van der Waals surface area (Å²) in [6.45, 7) is 2.19. The van der Waals surface area contributed by atoms with Crippen LogP contribution in [0.25, 0.3) is 0 Å². The van der Waals surface area contributed by atoms with Crippen LogP contribution in [0.2, 0.25) is 0 Å². The van der Waals surface area contributed by atoms with Gasteiger partial charge in [0.05, 0.1) is 12.5 Å². The molecule has 1 N–H and O–H groups in total. The van der Waals surface area contributed by atoms with Crippen molar-refractivity contribution >= 4 is 11.9 Å². The number of carboxylic acids is 1. The number of carboxylic acid groups (broad SMARTS) is 1. The lowest BCUT2D eigenvalue weighted by molar-refractivity contribution is -0.141. The van der Waals surface area contributed by atoms with Crippen LogP contribution >= 0.6 is 0 Å². The molecular weight excluding hydrogens is 301 g/mol. The van der Waals surface area contributed by atoms with Crippen LogP contribution in [-0.2, 0) is 20.7 Å². The zero-order valence-corrected chi connectivity index (χ0v) is 13.4. The van der Waals surface area contributed by atoms with Crippen molar-refractivity contribution in [2.24, 2.45) is 5.92 Å². The van der Waals surface area contributed by atoms with Crippen molar-refractivity contribution in [1.29, 1.82) is 0 Å². The number of carbonyl (C=O) groups is 2. The molecule has 1 aliphatic heterocycles. The molecular formula is C17H22FNO4. The van der Waals surface area contributed by atoms with Gasteiger partial charge < -0.3 is 14.7 Å². The molecule has 5 nitrogen and oxygen atoms in total. The van der Waals surface area contributed by atoms with Crippen molar-refractivity contribution in [2.75, 3.05) is 13.7 Å². The van der Waals surface area contributed by atoms with Crippen molar-refractivity contribution in [2.45, 2.75) is 38.3 Å². The average Bonchev–Trinajstić information content (AvgIpc) is 2.88. The summed E-state index contributed by atoms with van der Waals surface area (Å²) in [5, 5.41) is 9.02. The van der Waals surface area contributed by atoms with Gasteiger partial charge in [0.15, 0.2) is 0 Å². The Morgan fingerprint density at radius 2 is 2.22 bits per heavy atom. The zero-order valence-electron chi connectivity index (χ0n) is 13.4. The molecule has 0 aliphatic carbocycles. The average molecular weight is 323 g/mol. The molecule has 1 amide bonds. The number of methoxy groups -OCH3 is 1. The molecule has 23 heavy (non-hydrogen) atoms. The van der Waals surface area contributed by atoms with Crippen LogP contribution in [-0.4, -0.2) is 47.7 Å². The van der Waals surface area contributed by atoms with Crippen LogP contribution in [0, 0.1) is 11.7 Å². The quantitative estimate of drug-likeness (QED) is 0.870. The van der Waals surface area contributed by atoms with Gasteiger partial charge in [-0.05, 0) is 30.5 Å². The van der Waals surface area contributed by atoms with Crippen LogP contribution in [0.4, 0.5) is 4.39 Å². The number of hydrogen-bond donors (Lipinski definition) is 1. The number of likely N-dealkylation sites (tertiary alicyclic amines) is 1. The first-order chi connectivity index (χ1) is 10.9. The van der Waals surface area contributed by atoms with Crippen LogP contribution < -0.4 is 0 Å². The van der Waals surface area contributed by atoms with E-state index in [4.69, 9.17) is 9.84 Å². The predicted molar refractivity (Wildman–Crippen MR) is 82.4 cm³/mol. The number of ether oxygens (including phenoxy) is 1. The fourth-order valence-electron chi connectivity index (χ4n) is 3.10. The molecule has 0 radical (unpaired) electrons. The maximum absolute atomic E-state index is 13.2. The van der Waals surface area contributed by atoms with Gasteiger partial charge in [0.2, 0.25) is 5.91 Å². The number of aliphatic carboxylic acids is 1. The van der Waals surface area contributed by atoms with Gasteiger partial charge in [0.1, 0.15) is 5.82 Å². The summed E-state index contributed by atoms with van der Waals surface area (Å²) in [7, 11) is 1.56. The van der Waals surface area contributed by atoms with Crippen LogP contribution in [0.15, 0.2) is 24.3 Å². The summed E-state index contributed by atoms with van der Waals surface area (Å²) >= 11 is 0. The highest BCUT2D eigenvalue weighted by Gasteiger charge is 2.37. The Kier molecular flexibility index (Phi) is 5.71. The Balaban J connectivity index is 2.05. The maximum Gasteiger partial charge on any atom is 0.305 e. The summed E-state index contributed by atoms with van der Waals surface area (Å²) in [6, 6.07) is 5.83. The van der Waals surface area contributed by atoms with Crippen LogP contribution in [0.1, 0.15) is 25.3 Å². The van der Waals surface area contributed by atoms with Gasteiger partial charge in [-0.25, -0.2) is 4.39 Å². The molecule has 1 aliphatic rings. The molecule has 6 heteroatoms. The van der Waals surface area contributed by atoms with Crippen molar-refractivity contribution in [3.63, 3.8) is 0 Å². The Bertz CT molecular complexity index is 577. The van der Waals surface area contributed by atoms with Gasteiger partial charge in [-0.3, -0.25) is 9.59 Å². The molecule has 3 atom stereocenters. The Hall–Kier alpha value is -1.95. The topological polar surface area (TPSA) is 66.8 Å². The number of hydrogen-bond acceptors (Lipinski definition) is 3. The molecule has 1 fully saturated rings. The molecule has 3 unspecified atom stereocenters. The first kappa shape index (κ1) is 17.4. The van der Waals surface area contributed by atoms with Crippen LogP contribution in [0.5, 0.6) is 0 Å². The van der Waals surface area contributed by atoms with E-state index in [0.29, 0.717) is 19.4 Å². The van der Waals surface area contributed by atoms with Gasteiger partial charge in [-0.1, -0.05) is 19.1 Å². The lowest BCUT2D eigenvalue weighted by Gasteiger charge is -2.26. The maximum atomic E-state index is 13.2. The van der Waals surface area contributed by atoms with E-state index in [0.717, 1.165) is 5.56 Å². The highest BCUT2D eigenvalue weighted by atomic mass is 19.1. The second-order valence-corrected chi connectivity index (χ2v) is 6.07. The number of amides is 1. The number of halogens is 1. The molecule has 0 spiro atoms. The lowest BCUT2D eigenvalue weighted by Crippen LogP contribution is -2.41. The summed E-state index contributed by atoms with van der Waals surface area (Å²) in [5.41, 5.74) is 0.753. The molecule has 0 aromatic heterocycles. The van der Waals surface area contributed by atoms with E-state index in [9.17, 15) is 14.0 Å².